The van der Waals surface area contributed by atoms with Crippen LogP contribution in [0.1, 0.15) is 0 Å². The van der Waals surface area contributed by atoms with E-state index >= 15 is 0 Å². The summed E-state index contributed by atoms with van der Waals surface area (Å²) in [5, 5.41) is -3.29. The average Bonchev–Trinajstić information content (AvgIpc) is 2.35. The Balaban J connectivity index is 2.82. The van der Waals surface area contributed by atoms with Gasteiger partial charge in [0.2, 0.25) is 0 Å². The zero-order chi connectivity index (χ0) is 17.0. The Morgan fingerprint density at radius 3 is 2.09 bits per heavy atom. The van der Waals surface area contributed by atoms with Gasteiger partial charge in [-0.3, -0.25) is 0 Å². The Hall–Kier alpha value is -0.0700. The van der Waals surface area contributed by atoms with E-state index in [9.17, 15) is 0 Å². The maximum absolute atomic E-state index is 5.48. The third-order valence-electron chi connectivity index (χ3n) is 1.45. The summed E-state index contributed by atoms with van der Waals surface area (Å²) in [4.78, 5) is 32.1. The highest BCUT2D eigenvalue weighted by molar-refractivity contribution is 14.1. The summed E-state index contributed by atoms with van der Waals surface area (Å²) in [6.45, 7) is 0. The summed E-state index contributed by atoms with van der Waals surface area (Å²) < 4.78 is 4.35. The van der Waals surface area contributed by atoms with E-state index in [-0.39, 0.29) is 21.3 Å². The van der Waals surface area contributed by atoms with E-state index in [1.807, 2.05) is 0 Å². The van der Waals surface area contributed by atoms with E-state index in [1.54, 1.807) is 0 Å². The summed E-state index contributed by atoms with van der Waals surface area (Å²) in [6.07, 6.45) is 0. The molecule has 0 aromatic heterocycles. The van der Waals surface area contributed by atoms with Crippen LogP contribution in [0.15, 0.2) is 0 Å². The lowest BCUT2D eigenvalue weighted by atomic mass is 11.7. The zero-order valence-corrected chi connectivity index (χ0v) is 12.9. The van der Waals surface area contributed by atoms with Gasteiger partial charge in [0.15, 0.2) is 4.94 Å². The van der Waals surface area contributed by atoms with Gasteiger partial charge in [-0.05, 0) is 0 Å². The number of rotatable bonds is 6. The quantitative estimate of drug-likeness (QED) is 0.0960. The molecule has 22 heavy (non-hydrogen) atoms. The molecular formula is CH15IN12O8+2. The Morgan fingerprint density at radius 1 is 1.05 bits per heavy atom. The third-order valence-corrected chi connectivity index (χ3v) is 1.84. The molecule has 21 heteroatoms. The number of quaternary nitrogens is 2. The SMILES string of the molecule is CO[N+]1(N)ON(N)ON(N)O[N+](N)(ON(N)ON(N)OI)O1. The molecule has 0 saturated carbocycles. The molecule has 1 fully saturated rings. The van der Waals surface area contributed by atoms with Crippen LogP contribution in [0.4, 0.5) is 0 Å². The summed E-state index contributed by atoms with van der Waals surface area (Å²) >= 11 is 1.36. The summed E-state index contributed by atoms with van der Waals surface area (Å²) in [7, 11) is 1.03. The topological polar surface area (TPSA) is 243 Å². The van der Waals surface area contributed by atoms with Crippen molar-refractivity contribution in [2.45, 2.75) is 0 Å². The summed E-state index contributed by atoms with van der Waals surface area (Å²) in [5.74, 6) is 31.6. The molecule has 0 amide bonds. The Labute approximate surface area is 135 Å². The lowest BCUT2D eigenvalue weighted by Gasteiger charge is -2.31. The van der Waals surface area contributed by atoms with E-state index in [2.05, 4.69) is 32.7 Å². The molecule has 1 aliphatic rings. The predicted molar refractivity (Wildman–Crippen MR) is 61.6 cm³/mol. The molecule has 0 bridgehead atoms. The fourth-order valence-electron chi connectivity index (χ4n) is 0.837. The standard InChI is InChI=1S/CH15IN12O8/c1-15-13(7)19-11(5)18-12(6)21-14(8,22-13)20-10(4)17-9(3)16-2/h3-8H2,1H3/q+2. The van der Waals surface area contributed by atoms with Gasteiger partial charge in [-0.2, -0.15) is 3.17 Å². The van der Waals surface area contributed by atoms with Gasteiger partial charge in [0, 0.05) is 20.2 Å². The molecule has 1 saturated heterocycles. The van der Waals surface area contributed by atoms with Gasteiger partial charge >= 0.3 is 0 Å². The van der Waals surface area contributed by atoms with Crippen molar-refractivity contribution >= 4 is 23.0 Å². The van der Waals surface area contributed by atoms with E-state index in [0.29, 0.717) is 0 Å². The molecule has 1 heterocycles. The van der Waals surface area contributed by atoms with Crippen molar-refractivity contribution < 1.29 is 47.8 Å². The fourth-order valence-corrected chi connectivity index (χ4v) is 0.909. The monoisotopic (exact) mass is 450 g/mol. The Bertz CT molecular complexity index is 351. The van der Waals surface area contributed by atoms with Gasteiger partial charge in [0.25, 0.3) is 10.2 Å². The molecule has 0 aromatic rings. The number of hydrogen-bond acceptors (Lipinski definition) is 18. The van der Waals surface area contributed by atoms with E-state index in [1.165, 1.54) is 23.0 Å². The number of nitrogens with zero attached hydrogens (tertiary/aromatic N) is 6. The molecular weight excluding hydrogens is 435 g/mol. The predicted octanol–water partition coefficient (Wildman–Crippen LogP) is -4.99. The summed E-state index contributed by atoms with van der Waals surface area (Å²) in [6, 6.07) is 0. The van der Waals surface area contributed by atoms with Crippen LogP contribution in [0.5, 0.6) is 0 Å². The Kier molecular flexibility index (Phi) is 7.40. The highest BCUT2D eigenvalue weighted by Gasteiger charge is 2.56. The van der Waals surface area contributed by atoms with Crippen molar-refractivity contribution in [2.24, 2.45) is 35.1 Å². The van der Waals surface area contributed by atoms with Crippen LogP contribution >= 0.6 is 23.0 Å². The second kappa shape index (κ2) is 8.15. The third kappa shape index (κ3) is 6.20. The molecule has 0 aromatic carbocycles. The smallest absolute Gasteiger partial charge is 0.217 e. The van der Waals surface area contributed by atoms with Crippen molar-refractivity contribution in [1.29, 1.82) is 0 Å². The molecule has 1 aliphatic heterocycles. The summed E-state index contributed by atoms with van der Waals surface area (Å²) in [5.41, 5.74) is 0. The largest absolute Gasteiger partial charge is 0.281 e. The first kappa shape index (κ1) is 20.0. The van der Waals surface area contributed by atoms with Gasteiger partial charge in [-0.15, -0.1) is 14.7 Å². The first-order valence-corrected chi connectivity index (χ1v) is 5.55. The second-order valence-electron chi connectivity index (χ2n) is 2.96. The number of hydrazine groups is 4. The minimum absolute atomic E-state index is 0.0221. The number of halogens is 1. The molecule has 0 spiro atoms. The second-order valence-corrected chi connectivity index (χ2v) is 3.36. The lowest BCUT2D eigenvalue weighted by molar-refractivity contribution is -1.60. The van der Waals surface area contributed by atoms with E-state index in [0.717, 1.165) is 7.11 Å². The first-order valence-electron chi connectivity index (χ1n) is 4.67. The number of nitrogens with two attached hydrogens (primary N) is 6. The minimum atomic E-state index is -1.97. The molecule has 0 aliphatic carbocycles. The average molecular weight is 450 g/mol. The van der Waals surface area contributed by atoms with Crippen LogP contribution < -0.4 is 35.1 Å². The van der Waals surface area contributed by atoms with E-state index in [4.69, 9.17) is 40.0 Å². The Morgan fingerprint density at radius 2 is 1.59 bits per heavy atom. The molecule has 132 valence electrons. The van der Waals surface area contributed by atoms with E-state index < -0.39 is 10.2 Å². The van der Waals surface area contributed by atoms with Gasteiger partial charge in [-0.1, -0.05) is 11.7 Å². The lowest BCUT2D eigenvalue weighted by Crippen LogP contribution is -2.73. The van der Waals surface area contributed by atoms with Crippen molar-refractivity contribution in [3.63, 3.8) is 0 Å². The van der Waals surface area contributed by atoms with Crippen molar-refractivity contribution in [3.05, 3.63) is 0 Å². The van der Waals surface area contributed by atoms with Gasteiger partial charge in [-0.25, -0.2) is 23.4 Å². The van der Waals surface area contributed by atoms with Crippen molar-refractivity contribution in [1.82, 2.24) is 21.3 Å². The van der Waals surface area contributed by atoms with Crippen LogP contribution in [-0.2, 0) is 37.6 Å². The van der Waals surface area contributed by atoms with Gasteiger partial charge in [0.1, 0.15) is 30.1 Å². The highest BCUT2D eigenvalue weighted by atomic mass is 127. The highest BCUT2D eigenvalue weighted by Crippen LogP contribution is 2.17. The van der Waals surface area contributed by atoms with Crippen molar-refractivity contribution in [2.75, 3.05) is 7.11 Å². The molecule has 1 rings (SSSR count). The van der Waals surface area contributed by atoms with Crippen molar-refractivity contribution in [3.8, 4) is 0 Å². The van der Waals surface area contributed by atoms with Crippen LogP contribution in [-0.4, -0.2) is 38.6 Å². The maximum Gasteiger partial charge on any atom is 0.281 e. The first-order chi connectivity index (χ1) is 10.1. The molecule has 0 radical (unpaired) electrons. The molecule has 2 atom stereocenters. The molecule has 12 N–H and O–H groups in total. The number of hydrogen-bond donors (Lipinski definition) is 6. The normalized spacial score (nSPS) is 32.5. The molecule has 2 unspecified atom stereocenters. The molecule has 20 nitrogen and oxygen atoms in total. The van der Waals surface area contributed by atoms with Crippen LogP contribution in [0, 0.1) is 0 Å². The van der Waals surface area contributed by atoms with Gasteiger partial charge in [0.05, 0.1) is 16.0 Å². The fraction of sp³-hybridized carbons (Fsp3) is 1.00. The minimum Gasteiger partial charge on any atom is -0.217 e. The van der Waals surface area contributed by atoms with Crippen LogP contribution in [0.2, 0.25) is 0 Å². The van der Waals surface area contributed by atoms with Gasteiger partial charge < -0.3 is 0 Å². The van der Waals surface area contributed by atoms with Crippen LogP contribution in [0.3, 0.4) is 0 Å². The van der Waals surface area contributed by atoms with Crippen LogP contribution in [0.25, 0.3) is 0 Å². The maximum atomic E-state index is 5.48. The zero-order valence-electron chi connectivity index (χ0n) is 10.8.